The molecule has 1 saturated heterocycles. The number of benzene rings is 2. The van der Waals surface area contributed by atoms with Crippen molar-refractivity contribution in [1.29, 1.82) is 0 Å². The van der Waals surface area contributed by atoms with E-state index in [0.29, 0.717) is 25.9 Å². The first-order valence-corrected chi connectivity index (χ1v) is 12.0. The molecule has 7 nitrogen and oxygen atoms in total. The van der Waals surface area contributed by atoms with Crippen LogP contribution in [0.2, 0.25) is 5.02 Å². The van der Waals surface area contributed by atoms with Gasteiger partial charge in [0.05, 0.1) is 22.0 Å². The van der Waals surface area contributed by atoms with E-state index in [2.05, 4.69) is 15.8 Å². The van der Waals surface area contributed by atoms with Gasteiger partial charge in [-0.05, 0) is 30.5 Å². The van der Waals surface area contributed by atoms with Gasteiger partial charge in [-0.25, -0.2) is 9.37 Å². The molecule has 1 aliphatic heterocycles. The Kier molecular flexibility index (Phi) is 7.54. The molecule has 0 aliphatic carbocycles. The summed E-state index contributed by atoms with van der Waals surface area (Å²) >= 11 is 7.39. The first kappa shape index (κ1) is 23.8. The molecule has 10 heteroatoms. The van der Waals surface area contributed by atoms with Gasteiger partial charge in [-0.1, -0.05) is 48.0 Å². The van der Waals surface area contributed by atoms with Crippen LogP contribution in [0, 0.1) is 5.82 Å². The molecule has 1 aromatic heterocycles. The van der Waals surface area contributed by atoms with E-state index < -0.39 is 17.6 Å². The Morgan fingerprint density at radius 1 is 1.06 bits per heavy atom. The summed E-state index contributed by atoms with van der Waals surface area (Å²) in [5.74, 6) is -1.80. The molecule has 0 saturated carbocycles. The van der Waals surface area contributed by atoms with Gasteiger partial charge in [-0.15, -0.1) is 11.3 Å². The molecule has 3 aromatic rings. The topological polar surface area (TPSA) is 91.4 Å². The average Bonchev–Trinajstić information content (AvgIpc) is 3.34. The van der Waals surface area contributed by atoms with E-state index in [9.17, 15) is 18.8 Å². The minimum Gasteiger partial charge on any atom is -0.338 e. The lowest BCUT2D eigenvalue weighted by Gasteiger charge is -2.31. The standard InChI is InChI=1S/C24H22ClFN4O3S/c25-17-7-4-8-18(26)21(17)24(33)30-11-9-16(10-12-30)23-27-19(14-34-23)22(32)29-28-20(31)13-15-5-2-1-3-6-15/h1-8,14,16H,9-13H2,(H,28,31)(H,29,32). The number of aromatic nitrogens is 1. The van der Waals surface area contributed by atoms with Gasteiger partial charge in [-0.2, -0.15) is 0 Å². The van der Waals surface area contributed by atoms with Crippen molar-refractivity contribution in [3.63, 3.8) is 0 Å². The van der Waals surface area contributed by atoms with Crippen LogP contribution in [0.25, 0.3) is 0 Å². The number of amides is 3. The Morgan fingerprint density at radius 2 is 1.79 bits per heavy atom. The highest BCUT2D eigenvalue weighted by molar-refractivity contribution is 7.09. The fourth-order valence-electron chi connectivity index (χ4n) is 3.79. The summed E-state index contributed by atoms with van der Waals surface area (Å²) in [6, 6.07) is 13.4. The van der Waals surface area contributed by atoms with Gasteiger partial charge in [0.15, 0.2) is 0 Å². The molecule has 4 rings (SSSR count). The number of carbonyl (C=O) groups is 3. The lowest BCUT2D eigenvalue weighted by atomic mass is 9.97. The molecule has 0 spiro atoms. The summed E-state index contributed by atoms with van der Waals surface area (Å²) in [6.07, 6.45) is 1.43. The number of hydrogen-bond donors (Lipinski definition) is 2. The Bertz CT molecular complexity index is 1180. The van der Waals surface area contributed by atoms with Crippen molar-refractivity contribution in [3.05, 3.63) is 86.6 Å². The van der Waals surface area contributed by atoms with Gasteiger partial charge in [0.1, 0.15) is 11.5 Å². The van der Waals surface area contributed by atoms with Crippen molar-refractivity contribution in [3.8, 4) is 0 Å². The van der Waals surface area contributed by atoms with Crippen LogP contribution in [0.1, 0.15) is 50.2 Å². The molecule has 3 amide bonds. The van der Waals surface area contributed by atoms with Gasteiger partial charge in [0.2, 0.25) is 5.91 Å². The molecule has 0 radical (unpaired) electrons. The van der Waals surface area contributed by atoms with Crippen LogP contribution in [0.4, 0.5) is 4.39 Å². The minimum atomic E-state index is -0.633. The van der Waals surface area contributed by atoms with Crippen LogP contribution in [-0.2, 0) is 11.2 Å². The van der Waals surface area contributed by atoms with Crippen molar-refractivity contribution < 1.29 is 18.8 Å². The zero-order chi connectivity index (χ0) is 24.1. The molecule has 2 heterocycles. The van der Waals surface area contributed by atoms with Gasteiger partial charge in [0, 0.05) is 24.4 Å². The summed E-state index contributed by atoms with van der Waals surface area (Å²) in [7, 11) is 0. The minimum absolute atomic E-state index is 0.0827. The van der Waals surface area contributed by atoms with Crippen molar-refractivity contribution in [2.24, 2.45) is 0 Å². The van der Waals surface area contributed by atoms with Crippen LogP contribution in [-0.4, -0.2) is 40.7 Å². The average molecular weight is 501 g/mol. The van der Waals surface area contributed by atoms with Gasteiger partial charge in [-0.3, -0.25) is 25.2 Å². The highest BCUT2D eigenvalue weighted by atomic mass is 35.5. The number of halogens is 2. The summed E-state index contributed by atoms with van der Waals surface area (Å²) in [4.78, 5) is 43.1. The molecule has 34 heavy (non-hydrogen) atoms. The van der Waals surface area contributed by atoms with E-state index >= 15 is 0 Å². The molecular weight excluding hydrogens is 479 g/mol. The lowest BCUT2D eigenvalue weighted by molar-refractivity contribution is -0.121. The number of hydrogen-bond acceptors (Lipinski definition) is 5. The van der Waals surface area contributed by atoms with E-state index in [-0.39, 0.29) is 34.5 Å². The molecule has 2 N–H and O–H groups in total. The van der Waals surface area contributed by atoms with Crippen molar-refractivity contribution >= 4 is 40.7 Å². The van der Waals surface area contributed by atoms with Gasteiger partial charge in [0.25, 0.3) is 11.8 Å². The third-order valence-corrected chi connectivity index (χ3v) is 6.91. The predicted molar refractivity (Wildman–Crippen MR) is 127 cm³/mol. The van der Waals surface area contributed by atoms with E-state index in [1.54, 1.807) is 10.3 Å². The third kappa shape index (κ3) is 5.60. The highest BCUT2D eigenvalue weighted by Crippen LogP contribution is 2.31. The van der Waals surface area contributed by atoms with Crippen molar-refractivity contribution in [1.82, 2.24) is 20.7 Å². The van der Waals surface area contributed by atoms with Crippen LogP contribution in [0.15, 0.2) is 53.9 Å². The van der Waals surface area contributed by atoms with Crippen LogP contribution >= 0.6 is 22.9 Å². The summed E-state index contributed by atoms with van der Waals surface area (Å²) < 4.78 is 14.1. The molecule has 0 bridgehead atoms. The van der Waals surface area contributed by atoms with E-state index in [1.807, 2.05) is 30.3 Å². The Labute approximate surface area is 204 Å². The second kappa shape index (κ2) is 10.8. The summed E-state index contributed by atoms with van der Waals surface area (Å²) in [5.41, 5.74) is 5.75. The first-order valence-electron chi connectivity index (χ1n) is 10.7. The number of carbonyl (C=O) groups excluding carboxylic acids is 3. The quantitative estimate of drug-likeness (QED) is 0.519. The Hall–Kier alpha value is -3.30. The zero-order valence-electron chi connectivity index (χ0n) is 18.1. The molecular formula is C24H22ClFN4O3S. The Balaban J connectivity index is 1.28. The summed E-state index contributed by atoms with van der Waals surface area (Å²) in [6.45, 7) is 0.871. The van der Waals surface area contributed by atoms with Crippen LogP contribution < -0.4 is 10.9 Å². The van der Waals surface area contributed by atoms with Gasteiger partial charge < -0.3 is 4.90 Å². The number of piperidine rings is 1. The molecule has 176 valence electrons. The SMILES string of the molecule is O=C(Cc1ccccc1)NNC(=O)c1csc(C2CCN(C(=O)c3c(F)cccc3Cl)CC2)n1. The number of nitrogens with zero attached hydrogens (tertiary/aromatic N) is 2. The van der Waals surface area contributed by atoms with Crippen LogP contribution in [0.5, 0.6) is 0 Å². The third-order valence-electron chi connectivity index (χ3n) is 5.59. The molecule has 0 atom stereocenters. The largest absolute Gasteiger partial charge is 0.338 e. The van der Waals surface area contributed by atoms with E-state index in [4.69, 9.17) is 11.6 Å². The zero-order valence-corrected chi connectivity index (χ0v) is 19.7. The number of hydrazine groups is 1. The lowest BCUT2D eigenvalue weighted by Crippen LogP contribution is -2.42. The predicted octanol–water partition coefficient (Wildman–Crippen LogP) is 3.96. The number of thiazole rings is 1. The van der Waals surface area contributed by atoms with Crippen LogP contribution in [0.3, 0.4) is 0 Å². The molecule has 1 fully saturated rings. The van der Waals surface area contributed by atoms with Crippen molar-refractivity contribution in [2.75, 3.05) is 13.1 Å². The smallest absolute Gasteiger partial charge is 0.289 e. The molecule has 0 unspecified atom stereocenters. The number of nitrogens with one attached hydrogen (secondary N) is 2. The molecule has 2 aromatic carbocycles. The normalized spacial score (nSPS) is 14.0. The second-order valence-electron chi connectivity index (χ2n) is 7.90. The number of rotatable bonds is 5. The molecule has 1 aliphatic rings. The number of likely N-dealkylation sites (tertiary alicyclic amines) is 1. The Morgan fingerprint density at radius 3 is 2.50 bits per heavy atom. The first-order chi connectivity index (χ1) is 16.4. The monoisotopic (exact) mass is 500 g/mol. The second-order valence-corrected chi connectivity index (χ2v) is 9.20. The fraction of sp³-hybridized carbons (Fsp3) is 0.250. The fourth-order valence-corrected chi connectivity index (χ4v) is 5.00. The summed E-state index contributed by atoms with van der Waals surface area (Å²) in [5, 5.41) is 2.53. The highest BCUT2D eigenvalue weighted by Gasteiger charge is 2.29. The maximum atomic E-state index is 14.1. The van der Waals surface area contributed by atoms with E-state index in [0.717, 1.165) is 10.6 Å². The van der Waals surface area contributed by atoms with Crippen molar-refractivity contribution in [2.45, 2.75) is 25.2 Å². The maximum absolute atomic E-state index is 14.1. The van der Waals surface area contributed by atoms with E-state index in [1.165, 1.54) is 29.5 Å². The maximum Gasteiger partial charge on any atom is 0.289 e. The van der Waals surface area contributed by atoms with Gasteiger partial charge >= 0.3 is 0 Å².